The average Bonchev–Trinajstić information content (AvgIpc) is 2.85. The molecule has 0 fully saturated rings. The van der Waals surface area contributed by atoms with Crippen molar-refractivity contribution < 1.29 is 4.79 Å². The first-order valence-electron chi connectivity index (χ1n) is 8.08. The molecule has 1 aliphatic carbocycles. The lowest BCUT2D eigenvalue weighted by atomic mass is 9.90. The number of benzene rings is 1. The van der Waals surface area contributed by atoms with Crippen LogP contribution in [0.3, 0.4) is 0 Å². The molecule has 6 nitrogen and oxygen atoms in total. The molecular formula is C18H18N4O2. The molecule has 0 bridgehead atoms. The van der Waals surface area contributed by atoms with Crippen LogP contribution in [-0.4, -0.2) is 20.9 Å². The van der Waals surface area contributed by atoms with Crippen LogP contribution >= 0.6 is 0 Å². The lowest BCUT2D eigenvalue weighted by Crippen LogP contribution is -2.27. The van der Waals surface area contributed by atoms with E-state index in [0.717, 1.165) is 24.9 Å². The molecule has 2 N–H and O–H groups in total. The quantitative estimate of drug-likeness (QED) is 0.874. The number of nitrogens with zero attached hydrogens (tertiary/aromatic N) is 3. The zero-order valence-electron chi connectivity index (χ0n) is 13.5. The molecule has 122 valence electrons. The van der Waals surface area contributed by atoms with E-state index in [9.17, 15) is 9.59 Å². The molecule has 0 spiro atoms. The molecule has 6 heteroatoms. The number of fused-ring (bicyclic) bond motifs is 2. The minimum Gasteiger partial charge on any atom is -0.382 e. The van der Waals surface area contributed by atoms with Crippen LogP contribution in [0.15, 0.2) is 45.7 Å². The van der Waals surface area contributed by atoms with E-state index in [4.69, 9.17) is 5.73 Å². The second-order valence-corrected chi connectivity index (χ2v) is 6.19. The summed E-state index contributed by atoms with van der Waals surface area (Å²) in [5.41, 5.74) is 8.83. The van der Waals surface area contributed by atoms with Gasteiger partial charge in [0.2, 0.25) is 0 Å². The molecule has 0 radical (unpaired) electrons. The van der Waals surface area contributed by atoms with Crippen LogP contribution in [0.5, 0.6) is 0 Å². The van der Waals surface area contributed by atoms with Crippen LogP contribution in [0, 0.1) is 0 Å². The van der Waals surface area contributed by atoms with E-state index in [1.54, 1.807) is 23.7 Å². The Labute approximate surface area is 138 Å². The lowest BCUT2D eigenvalue weighted by Gasteiger charge is -2.17. The highest BCUT2D eigenvalue weighted by molar-refractivity contribution is 6.26. The van der Waals surface area contributed by atoms with E-state index in [0.29, 0.717) is 29.2 Å². The summed E-state index contributed by atoms with van der Waals surface area (Å²) in [6.07, 6.45) is 3.70. The zero-order chi connectivity index (χ0) is 16.8. The maximum Gasteiger partial charge on any atom is 0.294 e. The van der Waals surface area contributed by atoms with Gasteiger partial charge in [-0.25, -0.2) is 9.67 Å². The number of anilines is 1. The van der Waals surface area contributed by atoms with Gasteiger partial charge >= 0.3 is 0 Å². The molecule has 2 aromatic rings. The van der Waals surface area contributed by atoms with Gasteiger partial charge in [-0.2, -0.15) is 0 Å². The zero-order valence-corrected chi connectivity index (χ0v) is 13.5. The fraction of sp³-hybridized carbons (Fsp3) is 0.278. The summed E-state index contributed by atoms with van der Waals surface area (Å²) < 4.78 is 3.47. The number of carbonyl (C=O) groups excluding carboxylic acids is 1. The molecule has 2 heterocycles. The molecule has 1 aromatic heterocycles. The number of hydrogen-bond acceptors (Lipinski definition) is 4. The largest absolute Gasteiger partial charge is 0.382 e. The van der Waals surface area contributed by atoms with Crippen LogP contribution in [0.2, 0.25) is 0 Å². The summed E-state index contributed by atoms with van der Waals surface area (Å²) >= 11 is 0. The van der Waals surface area contributed by atoms with Gasteiger partial charge in [-0.05, 0) is 31.4 Å². The first-order valence-corrected chi connectivity index (χ1v) is 8.08. The summed E-state index contributed by atoms with van der Waals surface area (Å²) in [5, 5.41) is 0. The minimum absolute atomic E-state index is 0.00887. The monoisotopic (exact) mass is 322 g/mol. The highest BCUT2D eigenvalue weighted by Gasteiger charge is 2.24. The molecule has 4 rings (SSSR count). The van der Waals surface area contributed by atoms with E-state index in [2.05, 4.69) is 4.99 Å². The van der Waals surface area contributed by atoms with Gasteiger partial charge in [-0.15, -0.1) is 0 Å². The molecule has 0 amide bonds. The number of nitrogen functional groups attached to an aromatic ring is 1. The number of allylic oxidation sites excluding steroid dienone is 2. The van der Waals surface area contributed by atoms with Crippen LogP contribution in [-0.2, 0) is 13.1 Å². The van der Waals surface area contributed by atoms with Gasteiger partial charge in [0, 0.05) is 24.2 Å². The maximum atomic E-state index is 12.6. The van der Waals surface area contributed by atoms with Crippen molar-refractivity contribution in [2.75, 3.05) is 5.73 Å². The van der Waals surface area contributed by atoms with Gasteiger partial charge in [-0.1, -0.05) is 24.3 Å². The molecule has 24 heavy (non-hydrogen) atoms. The summed E-state index contributed by atoms with van der Waals surface area (Å²) in [6, 6.07) is 7.31. The van der Waals surface area contributed by atoms with Gasteiger partial charge in [0.25, 0.3) is 5.56 Å². The molecule has 0 saturated heterocycles. The normalized spacial score (nSPS) is 18.3. The van der Waals surface area contributed by atoms with Crippen molar-refractivity contribution in [3.05, 3.63) is 57.4 Å². The second-order valence-electron chi connectivity index (χ2n) is 6.19. The van der Waals surface area contributed by atoms with E-state index in [1.165, 1.54) is 0 Å². The number of nitrogens with two attached hydrogens (primary N) is 1. The fourth-order valence-corrected chi connectivity index (χ4v) is 3.36. The smallest absolute Gasteiger partial charge is 0.294 e. The van der Waals surface area contributed by atoms with Crippen molar-refractivity contribution in [2.24, 2.45) is 4.99 Å². The molecule has 0 saturated carbocycles. The standard InChI is InChI=1S/C18H18N4O2/c1-11-10-14(12-6-2-3-7-13(12)16(11)23)20-15-17(19)21-8-4-5-9-22(21)18(15)24/h2-3,6-7,10H,4-5,8-9,19H2,1H3/b20-14+. The number of aromatic nitrogens is 2. The number of Topliss-reactive ketones (excluding diaryl/α,β-unsaturated/α-hetero) is 1. The van der Waals surface area contributed by atoms with Crippen molar-refractivity contribution in [1.82, 2.24) is 9.36 Å². The number of rotatable bonds is 1. The SMILES string of the molecule is CC1=C/C(=N\c2c(N)n3n(c2=O)CCCC3)c2ccccc2C1=O. The third-order valence-corrected chi connectivity index (χ3v) is 4.63. The number of carbonyl (C=O) groups is 1. The molecule has 1 aromatic carbocycles. The Morgan fingerprint density at radius 1 is 1.04 bits per heavy atom. The van der Waals surface area contributed by atoms with Crippen LogP contribution in [0.4, 0.5) is 11.5 Å². The molecular weight excluding hydrogens is 304 g/mol. The van der Waals surface area contributed by atoms with Crippen molar-refractivity contribution in [3.8, 4) is 0 Å². The molecule has 2 aliphatic rings. The van der Waals surface area contributed by atoms with Crippen LogP contribution in [0.1, 0.15) is 35.7 Å². The summed E-state index contributed by atoms with van der Waals surface area (Å²) in [5.74, 6) is 0.387. The highest BCUT2D eigenvalue weighted by atomic mass is 16.1. The van der Waals surface area contributed by atoms with E-state index in [-0.39, 0.29) is 17.0 Å². The van der Waals surface area contributed by atoms with Gasteiger partial charge in [0.1, 0.15) is 0 Å². The topological polar surface area (TPSA) is 82.4 Å². The molecule has 0 unspecified atom stereocenters. The van der Waals surface area contributed by atoms with Gasteiger partial charge < -0.3 is 5.73 Å². The average molecular weight is 322 g/mol. The van der Waals surface area contributed by atoms with Crippen molar-refractivity contribution in [3.63, 3.8) is 0 Å². The Morgan fingerprint density at radius 3 is 2.42 bits per heavy atom. The lowest BCUT2D eigenvalue weighted by molar-refractivity contribution is 0.103. The van der Waals surface area contributed by atoms with Crippen molar-refractivity contribution in [1.29, 1.82) is 0 Å². The van der Waals surface area contributed by atoms with Crippen LogP contribution < -0.4 is 11.3 Å². The van der Waals surface area contributed by atoms with Gasteiger partial charge in [0.15, 0.2) is 17.3 Å². The second kappa shape index (κ2) is 5.33. The van der Waals surface area contributed by atoms with Gasteiger partial charge in [-0.3, -0.25) is 14.3 Å². The molecule has 0 atom stereocenters. The maximum absolute atomic E-state index is 12.6. The predicted molar refractivity (Wildman–Crippen MR) is 93.1 cm³/mol. The molecule has 1 aliphatic heterocycles. The van der Waals surface area contributed by atoms with Crippen molar-refractivity contribution in [2.45, 2.75) is 32.9 Å². The minimum atomic E-state index is -0.167. The first-order chi connectivity index (χ1) is 11.6. The first kappa shape index (κ1) is 14.7. The summed E-state index contributed by atoms with van der Waals surface area (Å²) in [6.45, 7) is 3.16. The third-order valence-electron chi connectivity index (χ3n) is 4.63. The number of ketones is 1. The Kier molecular flexibility index (Phi) is 3.26. The number of hydrogen-bond donors (Lipinski definition) is 1. The Bertz CT molecular complexity index is 975. The fourth-order valence-electron chi connectivity index (χ4n) is 3.36. The van der Waals surface area contributed by atoms with Crippen LogP contribution in [0.25, 0.3) is 0 Å². The van der Waals surface area contributed by atoms with Gasteiger partial charge in [0.05, 0.1) is 5.71 Å². The Hall–Kier alpha value is -2.89. The van der Waals surface area contributed by atoms with E-state index >= 15 is 0 Å². The Balaban J connectivity index is 1.92. The summed E-state index contributed by atoms with van der Waals surface area (Å²) in [7, 11) is 0. The number of aliphatic imine (C=N–C) groups is 1. The van der Waals surface area contributed by atoms with E-state index < -0.39 is 0 Å². The van der Waals surface area contributed by atoms with Crippen molar-refractivity contribution >= 4 is 23.0 Å². The summed E-state index contributed by atoms with van der Waals surface area (Å²) in [4.78, 5) is 29.5. The predicted octanol–water partition coefficient (Wildman–Crippen LogP) is 2.29. The highest BCUT2D eigenvalue weighted by Crippen LogP contribution is 2.26. The third kappa shape index (κ3) is 2.06. The van der Waals surface area contributed by atoms with E-state index in [1.807, 2.05) is 22.9 Å². The Morgan fingerprint density at radius 2 is 1.71 bits per heavy atom.